The van der Waals surface area contributed by atoms with Crippen molar-refractivity contribution in [3.63, 3.8) is 0 Å². The summed E-state index contributed by atoms with van der Waals surface area (Å²) < 4.78 is 0. The van der Waals surface area contributed by atoms with Gasteiger partial charge >= 0.3 is 0 Å². The van der Waals surface area contributed by atoms with Gasteiger partial charge in [0.15, 0.2) is 0 Å². The smallest absolute Gasteiger partial charge is 0.234 e. The molecule has 1 aliphatic heterocycles. The molecular weight excluding hydrogens is 250 g/mol. The summed E-state index contributed by atoms with van der Waals surface area (Å²) in [5, 5.41) is 3.28. The van der Waals surface area contributed by atoms with Crippen molar-refractivity contribution in [2.24, 2.45) is 11.7 Å². The van der Waals surface area contributed by atoms with Crippen molar-refractivity contribution >= 4 is 5.91 Å². The molecule has 0 spiro atoms. The maximum absolute atomic E-state index is 11.5. The minimum Gasteiger partial charge on any atom is -0.368 e. The summed E-state index contributed by atoms with van der Waals surface area (Å²) in [7, 11) is 0. The minimum absolute atomic E-state index is 0.154. The Bertz CT molecular complexity index is 306. The summed E-state index contributed by atoms with van der Waals surface area (Å²) in [5.41, 5.74) is 5.50. The van der Waals surface area contributed by atoms with E-state index in [0.29, 0.717) is 0 Å². The molecule has 0 aromatic rings. The summed E-state index contributed by atoms with van der Waals surface area (Å²) in [6.45, 7) is 5.22. The average Bonchev–Trinajstić information content (AvgIpc) is 2.47. The van der Waals surface area contributed by atoms with E-state index in [2.05, 4.69) is 17.1 Å². The highest BCUT2D eigenvalue weighted by molar-refractivity contribution is 5.79. The van der Waals surface area contributed by atoms with Gasteiger partial charge in [-0.1, -0.05) is 19.8 Å². The SMILES string of the molecule is CCCNC(CCN1CCCC2CCCCC21)C(N)=O. The number of primary amides is 1. The monoisotopic (exact) mass is 281 g/mol. The van der Waals surface area contributed by atoms with Crippen LogP contribution in [0.25, 0.3) is 0 Å². The van der Waals surface area contributed by atoms with E-state index in [9.17, 15) is 4.79 Å². The molecule has 1 saturated heterocycles. The van der Waals surface area contributed by atoms with Gasteiger partial charge in [0.2, 0.25) is 5.91 Å². The van der Waals surface area contributed by atoms with Crippen molar-refractivity contribution in [2.75, 3.05) is 19.6 Å². The number of rotatable bonds is 7. The Kier molecular flexibility index (Phi) is 6.30. The van der Waals surface area contributed by atoms with E-state index in [0.717, 1.165) is 37.9 Å². The molecule has 3 unspecified atom stereocenters. The van der Waals surface area contributed by atoms with Crippen LogP contribution in [-0.4, -0.2) is 42.5 Å². The van der Waals surface area contributed by atoms with Crippen LogP contribution in [0.3, 0.4) is 0 Å². The fourth-order valence-electron chi connectivity index (χ4n) is 3.96. The van der Waals surface area contributed by atoms with Crippen molar-refractivity contribution in [3.05, 3.63) is 0 Å². The number of carbonyl (C=O) groups is 1. The molecule has 1 amide bonds. The fourth-order valence-corrected chi connectivity index (χ4v) is 3.96. The van der Waals surface area contributed by atoms with E-state index in [1.165, 1.54) is 45.1 Å². The number of nitrogens with zero attached hydrogens (tertiary/aromatic N) is 1. The predicted molar refractivity (Wildman–Crippen MR) is 82.4 cm³/mol. The molecule has 20 heavy (non-hydrogen) atoms. The van der Waals surface area contributed by atoms with E-state index in [-0.39, 0.29) is 11.9 Å². The molecular formula is C16H31N3O. The summed E-state index contributed by atoms with van der Waals surface area (Å²) in [5.74, 6) is 0.712. The van der Waals surface area contributed by atoms with E-state index in [1.807, 2.05) is 0 Å². The lowest BCUT2D eigenvalue weighted by atomic mass is 9.78. The van der Waals surface area contributed by atoms with E-state index in [4.69, 9.17) is 5.73 Å². The number of carbonyl (C=O) groups excluding carboxylic acids is 1. The Morgan fingerprint density at radius 2 is 2.05 bits per heavy atom. The van der Waals surface area contributed by atoms with Gasteiger partial charge in [0.25, 0.3) is 0 Å². The highest BCUT2D eigenvalue weighted by Gasteiger charge is 2.33. The van der Waals surface area contributed by atoms with Gasteiger partial charge < -0.3 is 16.0 Å². The normalized spacial score (nSPS) is 28.9. The number of hydrogen-bond donors (Lipinski definition) is 2. The molecule has 3 N–H and O–H groups in total. The van der Waals surface area contributed by atoms with Crippen LogP contribution in [0.4, 0.5) is 0 Å². The molecule has 0 radical (unpaired) electrons. The number of nitrogens with two attached hydrogens (primary N) is 1. The molecule has 1 saturated carbocycles. The molecule has 4 heteroatoms. The first kappa shape index (κ1) is 15.8. The highest BCUT2D eigenvalue weighted by Crippen LogP contribution is 2.35. The van der Waals surface area contributed by atoms with Gasteiger partial charge in [-0.3, -0.25) is 4.79 Å². The Morgan fingerprint density at radius 3 is 2.80 bits per heavy atom. The second-order valence-corrected chi connectivity index (χ2v) is 6.49. The van der Waals surface area contributed by atoms with Crippen molar-refractivity contribution in [1.29, 1.82) is 0 Å². The highest BCUT2D eigenvalue weighted by atomic mass is 16.1. The summed E-state index contributed by atoms with van der Waals surface area (Å²) >= 11 is 0. The third-order valence-corrected chi connectivity index (χ3v) is 5.05. The molecule has 0 aromatic heterocycles. The van der Waals surface area contributed by atoms with Crippen LogP contribution in [-0.2, 0) is 4.79 Å². The van der Waals surface area contributed by atoms with E-state index < -0.39 is 0 Å². The second kappa shape index (κ2) is 7.99. The van der Waals surface area contributed by atoms with Gasteiger partial charge in [0.1, 0.15) is 0 Å². The molecule has 2 fully saturated rings. The van der Waals surface area contributed by atoms with Crippen LogP contribution in [0.5, 0.6) is 0 Å². The summed E-state index contributed by atoms with van der Waals surface area (Å²) in [6, 6.07) is 0.621. The molecule has 0 bridgehead atoms. The lowest BCUT2D eigenvalue weighted by molar-refractivity contribution is -0.120. The number of likely N-dealkylation sites (tertiary alicyclic amines) is 1. The van der Waals surface area contributed by atoms with Gasteiger partial charge in [-0.25, -0.2) is 0 Å². The van der Waals surface area contributed by atoms with Crippen molar-refractivity contribution in [1.82, 2.24) is 10.2 Å². The fraction of sp³-hybridized carbons (Fsp3) is 0.938. The zero-order valence-corrected chi connectivity index (χ0v) is 12.9. The van der Waals surface area contributed by atoms with Gasteiger partial charge in [0, 0.05) is 12.6 Å². The lowest BCUT2D eigenvalue weighted by Gasteiger charge is -2.44. The number of nitrogens with one attached hydrogen (secondary N) is 1. The van der Waals surface area contributed by atoms with Crippen LogP contribution in [0.15, 0.2) is 0 Å². The van der Waals surface area contributed by atoms with Crippen LogP contribution in [0.2, 0.25) is 0 Å². The summed E-state index contributed by atoms with van der Waals surface area (Å²) in [4.78, 5) is 14.1. The quantitative estimate of drug-likeness (QED) is 0.749. The maximum Gasteiger partial charge on any atom is 0.234 e. The first-order chi connectivity index (χ1) is 9.72. The molecule has 116 valence electrons. The zero-order chi connectivity index (χ0) is 14.4. The average molecular weight is 281 g/mol. The molecule has 3 atom stereocenters. The Labute approximate surface area is 123 Å². The first-order valence-corrected chi connectivity index (χ1v) is 8.49. The summed E-state index contributed by atoms with van der Waals surface area (Å²) in [6.07, 6.45) is 10.2. The number of fused-ring (bicyclic) bond motifs is 1. The van der Waals surface area contributed by atoms with Crippen molar-refractivity contribution in [2.45, 2.75) is 70.4 Å². The van der Waals surface area contributed by atoms with Gasteiger partial charge in [0.05, 0.1) is 6.04 Å². The van der Waals surface area contributed by atoms with Crippen LogP contribution < -0.4 is 11.1 Å². The molecule has 1 aliphatic carbocycles. The largest absolute Gasteiger partial charge is 0.368 e. The maximum atomic E-state index is 11.5. The lowest BCUT2D eigenvalue weighted by Crippen LogP contribution is -2.49. The van der Waals surface area contributed by atoms with Crippen LogP contribution in [0, 0.1) is 5.92 Å². The standard InChI is InChI=1S/C16H31N3O/c1-2-10-18-14(16(17)20)9-12-19-11-5-7-13-6-3-4-8-15(13)19/h13-15,18H,2-12H2,1H3,(H2,17,20). The molecule has 4 nitrogen and oxygen atoms in total. The van der Waals surface area contributed by atoms with Gasteiger partial charge in [-0.15, -0.1) is 0 Å². The Balaban J connectivity index is 1.82. The molecule has 1 heterocycles. The topological polar surface area (TPSA) is 58.4 Å². The minimum atomic E-state index is -0.198. The van der Waals surface area contributed by atoms with Crippen molar-refractivity contribution in [3.8, 4) is 0 Å². The molecule has 2 rings (SSSR count). The molecule has 0 aromatic carbocycles. The zero-order valence-electron chi connectivity index (χ0n) is 12.9. The van der Waals surface area contributed by atoms with Gasteiger partial charge in [-0.05, 0) is 57.5 Å². The Hall–Kier alpha value is -0.610. The van der Waals surface area contributed by atoms with Gasteiger partial charge in [-0.2, -0.15) is 0 Å². The first-order valence-electron chi connectivity index (χ1n) is 8.49. The number of amides is 1. The predicted octanol–water partition coefficient (Wildman–Crippen LogP) is 1.88. The number of hydrogen-bond acceptors (Lipinski definition) is 3. The third kappa shape index (κ3) is 4.19. The second-order valence-electron chi connectivity index (χ2n) is 6.49. The van der Waals surface area contributed by atoms with Crippen LogP contribution >= 0.6 is 0 Å². The van der Waals surface area contributed by atoms with E-state index >= 15 is 0 Å². The number of piperidine rings is 1. The third-order valence-electron chi connectivity index (χ3n) is 5.05. The molecule has 2 aliphatic rings. The Morgan fingerprint density at radius 1 is 1.30 bits per heavy atom. The van der Waals surface area contributed by atoms with Crippen LogP contribution in [0.1, 0.15) is 58.3 Å². The van der Waals surface area contributed by atoms with E-state index in [1.54, 1.807) is 0 Å². The van der Waals surface area contributed by atoms with Crippen molar-refractivity contribution < 1.29 is 4.79 Å².